The van der Waals surface area contributed by atoms with Crippen molar-refractivity contribution in [2.24, 2.45) is 5.92 Å². The molecule has 0 aromatic heterocycles. The molecule has 0 unspecified atom stereocenters. The minimum absolute atomic E-state index is 0.0503. The van der Waals surface area contributed by atoms with Crippen LogP contribution in [0.3, 0.4) is 0 Å². The highest BCUT2D eigenvalue weighted by atomic mass is 19.1. The maximum Gasteiger partial charge on any atom is 0.130 e. The van der Waals surface area contributed by atoms with Crippen molar-refractivity contribution in [3.8, 4) is 0 Å². The maximum atomic E-state index is 14.0. The quantitative estimate of drug-likeness (QED) is 0.721. The van der Waals surface area contributed by atoms with E-state index in [4.69, 9.17) is 4.74 Å². The molecule has 106 valence electrons. The van der Waals surface area contributed by atoms with Gasteiger partial charge in [0.05, 0.1) is 18.8 Å². The molecule has 1 heterocycles. The van der Waals surface area contributed by atoms with Gasteiger partial charge in [0.2, 0.25) is 0 Å². The van der Waals surface area contributed by atoms with Crippen molar-refractivity contribution in [2.75, 3.05) is 19.8 Å². The topological polar surface area (TPSA) is 12.5 Å². The molecule has 1 saturated heterocycles. The van der Waals surface area contributed by atoms with Gasteiger partial charge in [-0.3, -0.25) is 0 Å². The van der Waals surface area contributed by atoms with E-state index in [2.05, 4.69) is 11.5 Å². The van der Waals surface area contributed by atoms with Crippen molar-refractivity contribution >= 4 is 0 Å². The van der Waals surface area contributed by atoms with Crippen LogP contribution in [-0.4, -0.2) is 30.2 Å². The maximum absolute atomic E-state index is 14.0. The lowest BCUT2D eigenvalue weighted by molar-refractivity contribution is 0.00416. The van der Waals surface area contributed by atoms with Crippen LogP contribution in [-0.2, 0) is 4.74 Å². The number of halogens is 2. The van der Waals surface area contributed by atoms with Crippen LogP contribution in [0, 0.1) is 5.92 Å². The van der Waals surface area contributed by atoms with Gasteiger partial charge in [-0.05, 0) is 24.8 Å². The molecule has 1 aliphatic carbocycles. The van der Waals surface area contributed by atoms with Crippen LogP contribution in [0.25, 0.3) is 0 Å². The van der Waals surface area contributed by atoms with E-state index in [0.717, 1.165) is 19.4 Å². The Balaban J connectivity index is 2.12. The second-order valence-corrected chi connectivity index (χ2v) is 5.61. The summed E-state index contributed by atoms with van der Waals surface area (Å²) < 4.78 is 32.7. The van der Waals surface area contributed by atoms with Crippen molar-refractivity contribution < 1.29 is 13.5 Å². The first kappa shape index (κ1) is 14.3. The average molecular weight is 269 g/mol. The van der Waals surface area contributed by atoms with Gasteiger partial charge in [0.25, 0.3) is 0 Å². The van der Waals surface area contributed by atoms with Crippen molar-refractivity contribution in [3.63, 3.8) is 0 Å². The van der Waals surface area contributed by atoms with Crippen LogP contribution < -0.4 is 0 Å². The summed E-state index contributed by atoms with van der Waals surface area (Å²) in [6.45, 7) is 8.83. The lowest BCUT2D eigenvalue weighted by Gasteiger charge is -2.35. The smallest absolute Gasteiger partial charge is 0.130 e. The summed E-state index contributed by atoms with van der Waals surface area (Å²) in [5.74, 6) is -1.45. The number of morpholine rings is 1. The van der Waals surface area contributed by atoms with Crippen LogP contribution >= 0.6 is 0 Å². The molecule has 2 nitrogen and oxygen atoms in total. The Labute approximate surface area is 113 Å². The van der Waals surface area contributed by atoms with Gasteiger partial charge >= 0.3 is 0 Å². The fourth-order valence-corrected chi connectivity index (χ4v) is 2.52. The van der Waals surface area contributed by atoms with E-state index in [1.807, 2.05) is 0 Å². The zero-order chi connectivity index (χ0) is 14.0. The fourth-order valence-electron chi connectivity index (χ4n) is 2.52. The van der Waals surface area contributed by atoms with E-state index in [-0.39, 0.29) is 17.0 Å². The molecule has 2 aliphatic rings. The van der Waals surface area contributed by atoms with Crippen molar-refractivity contribution in [1.82, 2.24) is 4.90 Å². The van der Waals surface area contributed by atoms with Gasteiger partial charge in [-0.15, -0.1) is 0 Å². The molecular weight excluding hydrogens is 248 g/mol. The van der Waals surface area contributed by atoms with Crippen LogP contribution in [0.15, 0.2) is 36.1 Å². The first-order valence-corrected chi connectivity index (χ1v) is 6.73. The van der Waals surface area contributed by atoms with Crippen LogP contribution in [0.5, 0.6) is 0 Å². The summed E-state index contributed by atoms with van der Waals surface area (Å²) in [6, 6.07) is 0. The third kappa shape index (κ3) is 3.06. The van der Waals surface area contributed by atoms with E-state index in [1.54, 1.807) is 20.0 Å². The molecule has 0 aromatic rings. The lowest BCUT2D eigenvalue weighted by Crippen LogP contribution is -2.44. The summed E-state index contributed by atoms with van der Waals surface area (Å²) in [6.07, 6.45) is 5.24. The molecule has 1 spiro atoms. The summed E-state index contributed by atoms with van der Waals surface area (Å²) in [5, 5.41) is 0. The van der Waals surface area contributed by atoms with Gasteiger partial charge < -0.3 is 9.64 Å². The summed E-state index contributed by atoms with van der Waals surface area (Å²) in [4.78, 5) is 2.12. The summed E-state index contributed by atoms with van der Waals surface area (Å²) >= 11 is 0. The Hall–Kier alpha value is -1.16. The highest BCUT2D eigenvalue weighted by Crippen LogP contribution is 2.43. The molecule has 2 rings (SSSR count). The number of ether oxygens (including phenoxy) is 1. The van der Waals surface area contributed by atoms with E-state index < -0.39 is 11.7 Å². The Morgan fingerprint density at radius 2 is 2.05 bits per heavy atom. The third-order valence-corrected chi connectivity index (χ3v) is 3.81. The molecule has 0 atom stereocenters. The van der Waals surface area contributed by atoms with Crippen LogP contribution in [0.4, 0.5) is 8.78 Å². The zero-order valence-electron chi connectivity index (χ0n) is 11.6. The largest absolute Gasteiger partial charge is 0.377 e. The molecule has 0 amide bonds. The highest BCUT2D eigenvalue weighted by Gasteiger charge is 2.48. The average Bonchev–Trinajstić information content (AvgIpc) is 3.07. The summed E-state index contributed by atoms with van der Waals surface area (Å²) in [7, 11) is 0. The van der Waals surface area contributed by atoms with Crippen molar-refractivity contribution in [1.29, 1.82) is 0 Å². The minimum Gasteiger partial charge on any atom is -0.377 e. The Morgan fingerprint density at radius 3 is 2.58 bits per heavy atom. The predicted molar refractivity (Wildman–Crippen MR) is 71.9 cm³/mol. The molecule has 4 heteroatoms. The second kappa shape index (κ2) is 5.45. The van der Waals surface area contributed by atoms with Crippen LogP contribution in [0.2, 0.25) is 0 Å². The Bertz CT molecular complexity index is 422. The summed E-state index contributed by atoms with van der Waals surface area (Å²) in [5.41, 5.74) is 0.120. The van der Waals surface area contributed by atoms with Gasteiger partial charge in [-0.25, -0.2) is 8.78 Å². The molecule has 1 saturated carbocycles. The van der Waals surface area contributed by atoms with Gasteiger partial charge in [0.1, 0.15) is 11.7 Å². The zero-order valence-corrected chi connectivity index (χ0v) is 11.6. The Kier molecular flexibility index (Phi) is 4.09. The van der Waals surface area contributed by atoms with Crippen molar-refractivity contribution in [2.45, 2.75) is 32.2 Å². The van der Waals surface area contributed by atoms with Crippen molar-refractivity contribution in [3.05, 3.63) is 36.1 Å². The Morgan fingerprint density at radius 1 is 1.37 bits per heavy atom. The molecule has 0 bridgehead atoms. The number of hydrogen-bond donors (Lipinski definition) is 0. The molecule has 0 N–H and O–H groups in total. The first-order chi connectivity index (χ1) is 8.96. The number of allylic oxidation sites excluding steroid dienone is 4. The normalized spacial score (nSPS) is 23.1. The predicted octanol–water partition coefficient (Wildman–Crippen LogP) is 3.73. The molecule has 1 aliphatic heterocycles. The second-order valence-electron chi connectivity index (χ2n) is 5.61. The van der Waals surface area contributed by atoms with Gasteiger partial charge in [-0.2, -0.15) is 0 Å². The number of rotatable bonds is 4. The van der Waals surface area contributed by atoms with E-state index in [1.165, 1.54) is 6.08 Å². The monoisotopic (exact) mass is 269 g/mol. The lowest BCUT2D eigenvalue weighted by atomic mass is 10.0. The van der Waals surface area contributed by atoms with Gasteiger partial charge in [-0.1, -0.05) is 20.4 Å². The fraction of sp³-hybridized carbons (Fsp3) is 0.600. The molecule has 0 radical (unpaired) electrons. The minimum atomic E-state index is -0.694. The first-order valence-electron chi connectivity index (χ1n) is 6.73. The van der Waals surface area contributed by atoms with E-state index in [0.29, 0.717) is 13.2 Å². The van der Waals surface area contributed by atoms with E-state index >= 15 is 0 Å². The molecular formula is C15H21F2NO. The van der Waals surface area contributed by atoms with E-state index in [9.17, 15) is 8.78 Å². The SMILES string of the molecule is C=C(F)/C(=C(F)\C=C\N1CCOCC12CC2)C(C)C. The van der Waals surface area contributed by atoms with Gasteiger partial charge in [0.15, 0.2) is 0 Å². The molecule has 2 fully saturated rings. The standard InChI is InChI=1S/C15H21F2NO/c1-11(2)14(12(3)16)13(17)4-7-18-8-9-19-10-15(18)5-6-15/h4,7,11H,3,5-6,8-10H2,1-2H3/b7-4+,14-13+. The molecule has 19 heavy (non-hydrogen) atoms. The number of nitrogens with zero attached hydrogens (tertiary/aromatic N) is 1. The third-order valence-electron chi connectivity index (χ3n) is 3.81. The van der Waals surface area contributed by atoms with Crippen LogP contribution in [0.1, 0.15) is 26.7 Å². The highest BCUT2D eigenvalue weighted by molar-refractivity contribution is 5.33. The number of hydrogen-bond acceptors (Lipinski definition) is 2. The van der Waals surface area contributed by atoms with Gasteiger partial charge in [0, 0.05) is 18.3 Å². The molecule has 0 aromatic carbocycles.